The van der Waals surface area contributed by atoms with E-state index in [0.717, 1.165) is 6.07 Å². The number of benzene rings is 1. The normalized spacial score (nSPS) is 18.7. The Balaban J connectivity index is 1.63. The van der Waals surface area contributed by atoms with Gasteiger partial charge in [0.05, 0.1) is 40.9 Å². The first-order valence-corrected chi connectivity index (χ1v) is 12.7. The number of nitrogens with zero attached hydrogens (tertiary/aromatic N) is 6. The van der Waals surface area contributed by atoms with Crippen LogP contribution < -0.4 is 0 Å². The molecule has 1 amide bonds. The number of aromatic nitrogens is 5. The van der Waals surface area contributed by atoms with E-state index in [-0.39, 0.29) is 51.8 Å². The van der Waals surface area contributed by atoms with Crippen LogP contribution in [0, 0.1) is 5.82 Å². The third-order valence-corrected chi connectivity index (χ3v) is 7.60. The summed E-state index contributed by atoms with van der Waals surface area (Å²) in [6.07, 6.45) is -0.627. The highest BCUT2D eigenvalue weighted by Crippen LogP contribution is 2.43. The van der Waals surface area contributed by atoms with Crippen LogP contribution in [0.4, 0.5) is 17.6 Å². The van der Waals surface area contributed by atoms with E-state index in [0.29, 0.717) is 37.6 Å². The first-order valence-electron chi connectivity index (χ1n) is 12.7. The number of rotatable bonds is 3. The molecule has 1 atom stereocenters. The summed E-state index contributed by atoms with van der Waals surface area (Å²) in [4.78, 5) is 23.6. The SMILES string of the molecule is C[C@@H]1C(=O)N(C)Cc2c(-c3c(F)ccc4nc(-c5cnn(C)c5)c(C(F)(F)F)cc34)nc(C3CCOCC3)n21. The van der Waals surface area contributed by atoms with Gasteiger partial charge in [-0.05, 0) is 38.0 Å². The number of aryl methyl sites for hydroxylation is 1. The first-order chi connectivity index (χ1) is 18.5. The highest BCUT2D eigenvalue weighted by Gasteiger charge is 2.39. The monoisotopic (exact) mass is 542 g/mol. The molecule has 4 aromatic rings. The van der Waals surface area contributed by atoms with Gasteiger partial charge in [-0.3, -0.25) is 9.48 Å². The Morgan fingerprint density at radius 1 is 1.08 bits per heavy atom. The average Bonchev–Trinajstić information content (AvgIpc) is 3.50. The molecule has 0 saturated carbocycles. The number of alkyl halides is 3. The van der Waals surface area contributed by atoms with Crippen molar-refractivity contribution in [3.05, 3.63) is 53.5 Å². The second-order valence-electron chi connectivity index (χ2n) is 10.2. The number of carbonyl (C=O) groups is 1. The van der Waals surface area contributed by atoms with Crippen molar-refractivity contribution in [2.75, 3.05) is 20.3 Å². The van der Waals surface area contributed by atoms with Crippen molar-refractivity contribution in [2.45, 2.75) is 44.4 Å². The van der Waals surface area contributed by atoms with E-state index in [1.807, 2.05) is 4.57 Å². The number of halogens is 4. The minimum absolute atomic E-state index is 0.00148. The van der Waals surface area contributed by atoms with Gasteiger partial charge in [-0.15, -0.1) is 0 Å². The van der Waals surface area contributed by atoms with E-state index in [2.05, 4.69) is 10.1 Å². The topological polar surface area (TPSA) is 78.1 Å². The van der Waals surface area contributed by atoms with Crippen LogP contribution in [0.5, 0.6) is 0 Å². The number of hydrogen-bond donors (Lipinski definition) is 0. The Bertz CT molecular complexity index is 1600. The second-order valence-corrected chi connectivity index (χ2v) is 10.2. The van der Waals surface area contributed by atoms with E-state index in [1.54, 1.807) is 21.0 Å². The van der Waals surface area contributed by atoms with Crippen LogP contribution in [0.3, 0.4) is 0 Å². The molecule has 0 aliphatic carbocycles. The van der Waals surface area contributed by atoms with E-state index < -0.39 is 23.6 Å². The zero-order valence-corrected chi connectivity index (χ0v) is 21.6. The summed E-state index contributed by atoms with van der Waals surface area (Å²) < 4.78 is 67.4. The van der Waals surface area contributed by atoms with Crippen LogP contribution in [-0.2, 0) is 29.3 Å². The Morgan fingerprint density at radius 2 is 1.82 bits per heavy atom. The molecule has 3 aromatic heterocycles. The molecule has 6 rings (SSSR count). The lowest BCUT2D eigenvalue weighted by atomic mass is 9.98. The van der Waals surface area contributed by atoms with Gasteiger partial charge in [-0.25, -0.2) is 14.4 Å². The molecule has 8 nitrogen and oxygen atoms in total. The predicted molar refractivity (Wildman–Crippen MR) is 134 cm³/mol. The molecule has 204 valence electrons. The minimum atomic E-state index is -4.75. The first kappa shape index (κ1) is 25.5. The van der Waals surface area contributed by atoms with Crippen LogP contribution in [-0.4, -0.2) is 55.4 Å². The number of ether oxygens (including phenoxy) is 1. The summed E-state index contributed by atoms with van der Waals surface area (Å²) >= 11 is 0. The van der Waals surface area contributed by atoms with Gasteiger partial charge in [-0.2, -0.15) is 18.3 Å². The van der Waals surface area contributed by atoms with Crippen molar-refractivity contribution in [2.24, 2.45) is 7.05 Å². The molecule has 5 heterocycles. The Hall–Kier alpha value is -3.80. The minimum Gasteiger partial charge on any atom is -0.381 e. The number of pyridine rings is 1. The molecule has 0 N–H and O–H groups in total. The molecule has 2 aliphatic heterocycles. The largest absolute Gasteiger partial charge is 0.418 e. The summed E-state index contributed by atoms with van der Waals surface area (Å²) in [5, 5.41) is 3.99. The maximum atomic E-state index is 15.7. The van der Waals surface area contributed by atoms with Gasteiger partial charge < -0.3 is 14.2 Å². The van der Waals surface area contributed by atoms with Gasteiger partial charge in [0.1, 0.15) is 17.7 Å². The quantitative estimate of drug-likeness (QED) is 0.338. The third-order valence-electron chi connectivity index (χ3n) is 7.60. The van der Waals surface area contributed by atoms with E-state index in [1.165, 1.54) is 34.1 Å². The number of carbonyl (C=O) groups excluding carboxylic acids is 1. The second kappa shape index (κ2) is 9.15. The van der Waals surface area contributed by atoms with Crippen LogP contribution in [0.2, 0.25) is 0 Å². The summed E-state index contributed by atoms with van der Waals surface area (Å²) in [5.41, 5.74) is -0.117. The molecule has 12 heteroatoms. The number of fused-ring (bicyclic) bond motifs is 2. The fraction of sp³-hybridized carbons (Fsp3) is 0.407. The molecule has 1 aromatic carbocycles. The molecule has 0 unspecified atom stereocenters. The lowest BCUT2D eigenvalue weighted by Crippen LogP contribution is -2.40. The van der Waals surface area contributed by atoms with Crippen molar-refractivity contribution >= 4 is 16.8 Å². The number of hydrogen-bond acceptors (Lipinski definition) is 5. The molecular weight excluding hydrogens is 516 g/mol. The number of imidazole rings is 1. The fourth-order valence-electron chi connectivity index (χ4n) is 5.68. The maximum Gasteiger partial charge on any atom is 0.418 e. The fourth-order valence-corrected chi connectivity index (χ4v) is 5.68. The summed E-state index contributed by atoms with van der Waals surface area (Å²) in [7, 11) is 3.25. The van der Waals surface area contributed by atoms with Crippen molar-refractivity contribution in [1.29, 1.82) is 0 Å². The summed E-state index contributed by atoms with van der Waals surface area (Å²) in [6.45, 7) is 2.97. The number of amides is 1. The van der Waals surface area contributed by atoms with Crippen LogP contribution in [0.15, 0.2) is 30.6 Å². The highest BCUT2D eigenvalue weighted by atomic mass is 19.4. The standard InChI is InChI=1S/C27H26F4N6O2/c1-14-26(38)35(2)13-21-24(34-25(37(14)21)15-6-8-39-9-7-15)22-17-10-18(27(29,30)31)23(16-11-32-36(3)12-16)33-20(17)5-4-19(22)28/h4-5,10-12,14-15H,6-9,13H2,1-3H3/t14-/m1/s1. The van der Waals surface area contributed by atoms with Crippen molar-refractivity contribution in [1.82, 2.24) is 29.2 Å². The van der Waals surface area contributed by atoms with Gasteiger partial charge in [0, 0.05) is 55.9 Å². The molecule has 2 aliphatic rings. The molecule has 1 fully saturated rings. The predicted octanol–water partition coefficient (Wildman–Crippen LogP) is 5.08. The number of likely N-dealkylation sites (N-methyl/N-ethyl adjacent to an activating group) is 1. The lowest BCUT2D eigenvalue weighted by Gasteiger charge is -2.32. The molecule has 0 radical (unpaired) electrons. The van der Waals surface area contributed by atoms with E-state index >= 15 is 4.39 Å². The van der Waals surface area contributed by atoms with Crippen molar-refractivity contribution in [3.8, 4) is 22.5 Å². The Kier molecular flexibility index (Phi) is 5.97. The zero-order chi connectivity index (χ0) is 27.6. The van der Waals surface area contributed by atoms with Crippen molar-refractivity contribution in [3.63, 3.8) is 0 Å². The molecule has 39 heavy (non-hydrogen) atoms. The average molecular weight is 543 g/mol. The highest BCUT2D eigenvalue weighted by molar-refractivity contribution is 5.97. The maximum absolute atomic E-state index is 15.7. The summed E-state index contributed by atoms with van der Waals surface area (Å²) in [5.74, 6) is -0.216. The zero-order valence-electron chi connectivity index (χ0n) is 21.6. The van der Waals surface area contributed by atoms with E-state index in [4.69, 9.17) is 9.72 Å². The molecule has 0 spiro atoms. The van der Waals surface area contributed by atoms with E-state index in [9.17, 15) is 18.0 Å². The third kappa shape index (κ3) is 4.17. The van der Waals surface area contributed by atoms with Gasteiger partial charge >= 0.3 is 6.18 Å². The smallest absolute Gasteiger partial charge is 0.381 e. The van der Waals surface area contributed by atoms with Crippen LogP contribution in [0.1, 0.15) is 48.8 Å². The van der Waals surface area contributed by atoms with Gasteiger partial charge in [0.25, 0.3) is 0 Å². The van der Waals surface area contributed by atoms with Crippen molar-refractivity contribution < 1.29 is 27.1 Å². The van der Waals surface area contributed by atoms with Crippen LogP contribution in [0.25, 0.3) is 33.4 Å². The molecule has 1 saturated heterocycles. The van der Waals surface area contributed by atoms with Crippen LogP contribution >= 0.6 is 0 Å². The Labute approximate surface area is 221 Å². The molecular formula is C27H26F4N6O2. The lowest BCUT2D eigenvalue weighted by molar-refractivity contribution is -0.137. The summed E-state index contributed by atoms with van der Waals surface area (Å²) in [6, 6.07) is 2.93. The van der Waals surface area contributed by atoms with Gasteiger partial charge in [0.2, 0.25) is 5.91 Å². The van der Waals surface area contributed by atoms with Gasteiger partial charge in [-0.1, -0.05) is 0 Å². The Morgan fingerprint density at radius 3 is 2.49 bits per heavy atom. The molecule has 0 bridgehead atoms. The van der Waals surface area contributed by atoms with Gasteiger partial charge in [0.15, 0.2) is 0 Å².